The van der Waals surface area contributed by atoms with Gasteiger partial charge in [-0.15, -0.1) is 0 Å². The van der Waals surface area contributed by atoms with E-state index in [2.05, 4.69) is 10.3 Å². The summed E-state index contributed by atoms with van der Waals surface area (Å²) in [6, 6.07) is 8.95. The largest absolute Gasteiger partial charge is 0.311 e. The van der Waals surface area contributed by atoms with Gasteiger partial charge in [0.05, 0.1) is 11.7 Å². The Bertz CT molecular complexity index is 529. The first-order valence-electron chi connectivity index (χ1n) is 5.73. The number of benzene rings is 1. The summed E-state index contributed by atoms with van der Waals surface area (Å²) in [6.07, 6.45) is 2.04. The predicted molar refractivity (Wildman–Crippen MR) is 66.1 cm³/mol. The van der Waals surface area contributed by atoms with Gasteiger partial charge in [-0.2, -0.15) is 0 Å². The SMILES string of the molecule is CNC(Cc1cccc(F)c1)c1ncccc1F. The molecule has 0 amide bonds. The summed E-state index contributed by atoms with van der Waals surface area (Å²) in [7, 11) is 1.73. The molecular weight excluding hydrogens is 234 g/mol. The number of pyridine rings is 1. The van der Waals surface area contributed by atoms with Gasteiger partial charge >= 0.3 is 0 Å². The second-order valence-electron chi connectivity index (χ2n) is 4.05. The number of hydrogen-bond donors (Lipinski definition) is 1. The topological polar surface area (TPSA) is 24.9 Å². The van der Waals surface area contributed by atoms with Crippen molar-refractivity contribution in [2.45, 2.75) is 12.5 Å². The van der Waals surface area contributed by atoms with Crippen molar-refractivity contribution in [2.24, 2.45) is 0 Å². The number of aromatic nitrogens is 1. The van der Waals surface area contributed by atoms with Crippen LogP contribution in [0.25, 0.3) is 0 Å². The van der Waals surface area contributed by atoms with Crippen LogP contribution in [0.2, 0.25) is 0 Å². The third kappa shape index (κ3) is 2.90. The van der Waals surface area contributed by atoms with Crippen molar-refractivity contribution in [3.05, 3.63) is 65.5 Å². The Kier molecular flexibility index (Phi) is 3.99. The fourth-order valence-electron chi connectivity index (χ4n) is 1.89. The molecule has 0 saturated heterocycles. The summed E-state index contributed by atoms with van der Waals surface area (Å²) < 4.78 is 26.7. The molecule has 0 saturated carbocycles. The van der Waals surface area contributed by atoms with Gasteiger partial charge in [-0.3, -0.25) is 4.98 Å². The lowest BCUT2D eigenvalue weighted by Crippen LogP contribution is -2.21. The number of halogens is 2. The number of rotatable bonds is 4. The molecule has 1 atom stereocenters. The first-order chi connectivity index (χ1) is 8.70. The van der Waals surface area contributed by atoms with Crippen LogP contribution in [0.1, 0.15) is 17.3 Å². The number of likely N-dealkylation sites (N-methyl/N-ethyl adjacent to an activating group) is 1. The van der Waals surface area contributed by atoms with E-state index in [1.807, 2.05) is 6.07 Å². The highest BCUT2D eigenvalue weighted by Crippen LogP contribution is 2.19. The Hall–Kier alpha value is -1.81. The standard InChI is InChI=1S/C14H14F2N2/c1-17-13(14-12(16)6-3-7-18-14)9-10-4-2-5-11(15)8-10/h2-8,13,17H,9H2,1H3. The summed E-state index contributed by atoms with van der Waals surface area (Å²) >= 11 is 0. The molecule has 1 aromatic carbocycles. The number of nitrogens with zero attached hydrogens (tertiary/aromatic N) is 1. The van der Waals surface area contributed by atoms with E-state index in [1.165, 1.54) is 18.2 Å². The smallest absolute Gasteiger partial charge is 0.146 e. The van der Waals surface area contributed by atoms with E-state index in [0.29, 0.717) is 12.1 Å². The van der Waals surface area contributed by atoms with E-state index in [9.17, 15) is 8.78 Å². The molecule has 94 valence electrons. The molecular formula is C14H14F2N2. The Morgan fingerprint density at radius 3 is 2.72 bits per heavy atom. The molecule has 4 heteroatoms. The van der Waals surface area contributed by atoms with E-state index in [1.54, 1.807) is 25.4 Å². The van der Waals surface area contributed by atoms with Crippen LogP contribution in [-0.2, 0) is 6.42 Å². The highest BCUT2D eigenvalue weighted by Gasteiger charge is 2.15. The molecule has 1 unspecified atom stereocenters. The second-order valence-corrected chi connectivity index (χ2v) is 4.05. The Morgan fingerprint density at radius 1 is 1.22 bits per heavy atom. The molecule has 0 radical (unpaired) electrons. The normalized spacial score (nSPS) is 12.4. The van der Waals surface area contributed by atoms with E-state index in [4.69, 9.17) is 0 Å². The van der Waals surface area contributed by atoms with Crippen LogP contribution in [0.3, 0.4) is 0 Å². The zero-order valence-corrected chi connectivity index (χ0v) is 10.0. The van der Waals surface area contributed by atoms with Gasteiger partial charge in [0.1, 0.15) is 11.6 Å². The molecule has 1 aromatic heterocycles. The van der Waals surface area contributed by atoms with Crippen molar-refractivity contribution in [3.8, 4) is 0 Å². The van der Waals surface area contributed by atoms with Gasteiger partial charge in [0, 0.05) is 6.20 Å². The quantitative estimate of drug-likeness (QED) is 0.900. The molecule has 0 fully saturated rings. The van der Waals surface area contributed by atoms with Gasteiger partial charge < -0.3 is 5.32 Å². The maximum Gasteiger partial charge on any atom is 0.146 e. The average Bonchev–Trinajstić information content (AvgIpc) is 2.37. The summed E-state index contributed by atoms with van der Waals surface area (Å²) in [5.74, 6) is -0.642. The van der Waals surface area contributed by atoms with Crippen LogP contribution in [-0.4, -0.2) is 12.0 Å². The number of nitrogens with one attached hydrogen (secondary N) is 1. The van der Waals surface area contributed by atoms with Gasteiger partial charge in [0.25, 0.3) is 0 Å². The van der Waals surface area contributed by atoms with Gasteiger partial charge in [-0.1, -0.05) is 12.1 Å². The zero-order chi connectivity index (χ0) is 13.0. The average molecular weight is 248 g/mol. The van der Waals surface area contributed by atoms with Crippen LogP contribution < -0.4 is 5.32 Å². The minimum Gasteiger partial charge on any atom is -0.311 e. The summed E-state index contributed by atoms with van der Waals surface area (Å²) in [4.78, 5) is 4.04. The number of hydrogen-bond acceptors (Lipinski definition) is 2. The van der Waals surface area contributed by atoms with E-state index in [-0.39, 0.29) is 17.7 Å². The molecule has 0 aliphatic heterocycles. The molecule has 0 spiro atoms. The molecule has 18 heavy (non-hydrogen) atoms. The Balaban J connectivity index is 2.23. The van der Waals surface area contributed by atoms with E-state index < -0.39 is 0 Å². The summed E-state index contributed by atoms with van der Waals surface area (Å²) in [5.41, 5.74) is 1.16. The lowest BCUT2D eigenvalue weighted by Gasteiger charge is -2.16. The summed E-state index contributed by atoms with van der Waals surface area (Å²) in [6.45, 7) is 0. The van der Waals surface area contributed by atoms with Crippen LogP contribution >= 0.6 is 0 Å². The first-order valence-corrected chi connectivity index (χ1v) is 5.73. The molecule has 2 rings (SSSR count). The molecule has 2 aromatic rings. The van der Waals surface area contributed by atoms with Crippen molar-refractivity contribution >= 4 is 0 Å². The molecule has 0 bridgehead atoms. The van der Waals surface area contributed by atoms with Crippen LogP contribution in [0, 0.1) is 11.6 Å². The highest BCUT2D eigenvalue weighted by molar-refractivity contribution is 5.21. The van der Waals surface area contributed by atoms with Gasteiger partial charge in [0.15, 0.2) is 0 Å². The first kappa shape index (κ1) is 12.6. The molecule has 2 nitrogen and oxygen atoms in total. The lowest BCUT2D eigenvalue weighted by molar-refractivity contribution is 0.515. The minimum atomic E-state index is -0.353. The van der Waals surface area contributed by atoms with Crippen LogP contribution in [0.4, 0.5) is 8.78 Å². The van der Waals surface area contributed by atoms with Gasteiger partial charge in [-0.25, -0.2) is 8.78 Å². The fraction of sp³-hybridized carbons (Fsp3) is 0.214. The lowest BCUT2D eigenvalue weighted by atomic mass is 10.0. The maximum atomic E-state index is 13.6. The van der Waals surface area contributed by atoms with Gasteiger partial charge in [0.2, 0.25) is 0 Å². The van der Waals surface area contributed by atoms with Crippen molar-refractivity contribution < 1.29 is 8.78 Å². The monoisotopic (exact) mass is 248 g/mol. The third-order valence-electron chi connectivity index (χ3n) is 2.79. The maximum absolute atomic E-state index is 13.6. The van der Waals surface area contributed by atoms with Crippen molar-refractivity contribution in [1.29, 1.82) is 0 Å². The zero-order valence-electron chi connectivity index (χ0n) is 10.0. The minimum absolute atomic E-state index is 0.270. The Morgan fingerprint density at radius 2 is 2.06 bits per heavy atom. The van der Waals surface area contributed by atoms with Crippen molar-refractivity contribution in [3.63, 3.8) is 0 Å². The van der Waals surface area contributed by atoms with Crippen LogP contribution in [0.5, 0.6) is 0 Å². The van der Waals surface area contributed by atoms with E-state index >= 15 is 0 Å². The second kappa shape index (κ2) is 5.69. The van der Waals surface area contributed by atoms with Gasteiger partial charge in [-0.05, 0) is 43.3 Å². The van der Waals surface area contributed by atoms with E-state index in [0.717, 1.165) is 5.56 Å². The van der Waals surface area contributed by atoms with Crippen LogP contribution in [0.15, 0.2) is 42.6 Å². The molecule has 1 heterocycles. The Labute approximate surface area is 105 Å². The molecule has 0 aliphatic rings. The highest BCUT2D eigenvalue weighted by atomic mass is 19.1. The third-order valence-corrected chi connectivity index (χ3v) is 2.79. The predicted octanol–water partition coefficient (Wildman–Crippen LogP) is 2.86. The molecule has 1 N–H and O–H groups in total. The fourth-order valence-corrected chi connectivity index (χ4v) is 1.89. The molecule has 0 aliphatic carbocycles. The van der Waals surface area contributed by atoms with Crippen molar-refractivity contribution in [1.82, 2.24) is 10.3 Å². The summed E-state index contributed by atoms with van der Waals surface area (Å²) in [5, 5.41) is 3.00. The van der Waals surface area contributed by atoms with Crippen molar-refractivity contribution in [2.75, 3.05) is 7.05 Å².